The second kappa shape index (κ2) is 7.90. The summed E-state index contributed by atoms with van der Waals surface area (Å²) in [6.45, 7) is 3.34. The Labute approximate surface area is 151 Å². The Morgan fingerprint density at radius 2 is 2.15 bits per heavy atom. The second-order valence-corrected chi connectivity index (χ2v) is 6.02. The number of rotatable bonds is 7. The molecule has 8 heteroatoms. The molecule has 1 aromatic carbocycles. The molecular formula is C18H22N4O4. The summed E-state index contributed by atoms with van der Waals surface area (Å²) in [5.41, 5.74) is 0.935. The van der Waals surface area contributed by atoms with E-state index >= 15 is 0 Å². The van der Waals surface area contributed by atoms with Crippen LogP contribution in [0.15, 0.2) is 30.3 Å². The maximum Gasteiger partial charge on any atom is 0.272 e. The van der Waals surface area contributed by atoms with Gasteiger partial charge in [-0.2, -0.15) is 5.10 Å². The van der Waals surface area contributed by atoms with Crippen LogP contribution in [0.4, 0.5) is 0 Å². The molecule has 0 saturated carbocycles. The highest BCUT2D eigenvalue weighted by Crippen LogP contribution is 2.26. The van der Waals surface area contributed by atoms with E-state index in [0.29, 0.717) is 36.7 Å². The standard InChI is InChI=1S/C18H22N4O4/c1-3-22-10-12(9-17(22)23)19-18(24)14-8-13(20-21-14)11-26-16-7-5-4-6-15(16)25-2/h4-8,12H,3,9-11H2,1-2H3,(H,19,24)(H,20,21). The Morgan fingerprint density at radius 1 is 1.38 bits per heavy atom. The van der Waals surface area contributed by atoms with Crippen LogP contribution in [0.1, 0.15) is 29.5 Å². The van der Waals surface area contributed by atoms with Crippen molar-refractivity contribution in [3.63, 3.8) is 0 Å². The number of hydrogen-bond acceptors (Lipinski definition) is 5. The van der Waals surface area contributed by atoms with Gasteiger partial charge in [0.15, 0.2) is 11.5 Å². The molecule has 1 fully saturated rings. The van der Waals surface area contributed by atoms with Crippen molar-refractivity contribution in [1.29, 1.82) is 0 Å². The molecule has 0 aliphatic carbocycles. The molecule has 138 valence electrons. The van der Waals surface area contributed by atoms with Gasteiger partial charge < -0.3 is 19.7 Å². The topological polar surface area (TPSA) is 96.6 Å². The van der Waals surface area contributed by atoms with Gasteiger partial charge >= 0.3 is 0 Å². The lowest BCUT2D eigenvalue weighted by molar-refractivity contribution is -0.127. The third-order valence-electron chi connectivity index (χ3n) is 4.25. The molecule has 1 aromatic heterocycles. The largest absolute Gasteiger partial charge is 0.493 e. The van der Waals surface area contributed by atoms with Crippen molar-refractivity contribution in [2.45, 2.75) is 26.0 Å². The fourth-order valence-corrected chi connectivity index (χ4v) is 2.88. The molecule has 8 nitrogen and oxygen atoms in total. The first-order valence-electron chi connectivity index (χ1n) is 8.49. The SMILES string of the molecule is CCN1CC(NC(=O)c2cc(COc3ccccc3OC)[nH]n2)CC1=O. The van der Waals surface area contributed by atoms with Crippen LogP contribution in [0.5, 0.6) is 11.5 Å². The van der Waals surface area contributed by atoms with E-state index in [4.69, 9.17) is 9.47 Å². The Kier molecular flexibility index (Phi) is 5.40. The quantitative estimate of drug-likeness (QED) is 0.779. The summed E-state index contributed by atoms with van der Waals surface area (Å²) < 4.78 is 10.9. The Morgan fingerprint density at radius 3 is 2.85 bits per heavy atom. The summed E-state index contributed by atoms with van der Waals surface area (Å²) in [6.07, 6.45) is 0.327. The fourth-order valence-electron chi connectivity index (χ4n) is 2.88. The Bertz CT molecular complexity index is 789. The normalized spacial score (nSPS) is 16.6. The summed E-state index contributed by atoms with van der Waals surface area (Å²) in [7, 11) is 1.58. The molecule has 1 aliphatic rings. The van der Waals surface area contributed by atoms with E-state index in [-0.39, 0.29) is 30.2 Å². The van der Waals surface area contributed by atoms with Gasteiger partial charge in [0.25, 0.3) is 5.91 Å². The minimum atomic E-state index is -0.305. The minimum Gasteiger partial charge on any atom is -0.493 e. The van der Waals surface area contributed by atoms with Gasteiger partial charge in [0, 0.05) is 19.5 Å². The van der Waals surface area contributed by atoms with Gasteiger partial charge in [0.2, 0.25) is 5.91 Å². The van der Waals surface area contributed by atoms with E-state index in [2.05, 4.69) is 15.5 Å². The van der Waals surface area contributed by atoms with E-state index in [1.165, 1.54) is 0 Å². The fraction of sp³-hybridized carbons (Fsp3) is 0.389. The van der Waals surface area contributed by atoms with Crippen LogP contribution in [-0.2, 0) is 11.4 Å². The number of amides is 2. The van der Waals surface area contributed by atoms with Crippen molar-refractivity contribution < 1.29 is 19.1 Å². The third-order valence-corrected chi connectivity index (χ3v) is 4.25. The Hall–Kier alpha value is -3.03. The molecule has 0 bridgehead atoms. The van der Waals surface area contributed by atoms with Crippen LogP contribution < -0.4 is 14.8 Å². The highest BCUT2D eigenvalue weighted by molar-refractivity contribution is 5.93. The van der Waals surface area contributed by atoms with Crippen LogP contribution in [0, 0.1) is 0 Å². The van der Waals surface area contributed by atoms with Gasteiger partial charge in [-0.1, -0.05) is 12.1 Å². The van der Waals surface area contributed by atoms with Gasteiger partial charge in [0.05, 0.1) is 18.8 Å². The van der Waals surface area contributed by atoms with Gasteiger partial charge in [-0.05, 0) is 25.1 Å². The van der Waals surface area contributed by atoms with Crippen LogP contribution in [0.2, 0.25) is 0 Å². The summed E-state index contributed by atoms with van der Waals surface area (Å²) in [5, 5.41) is 9.67. The summed E-state index contributed by atoms with van der Waals surface area (Å²) >= 11 is 0. The summed E-state index contributed by atoms with van der Waals surface area (Å²) in [6, 6.07) is 8.78. The van der Waals surface area contributed by atoms with Gasteiger partial charge in [0.1, 0.15) is 12.3 Å². The Balaban J connectivity index is 1.56. The molecule has 2 heterocycles. The number of H-pyrrole nitrogens is 1. The maximum absolute atomic E-state index is 12.3. The van der Waals surface area contributed by atoms with E-state index in [9.17, 15) is 9.59 Å². The predicted molar refractivity (Wildman–Crippen MR) is 94.0 cm³/mol. The summed E-state index contributed by atoms with van der Waals surface area (Å²) in [4.78, 5) is 25.8. The van der Waals surface area contributed by atoms with Gasteiger partial charge in [-0.3, -0.25) is 14.7 Å². The lowest BCUT2D eigenvalue weighted by Crippen LogP contribution is -2.37. The molecule has 3 rings (SSSR count). The van der Waals surface area contributed by atoms with E-state index in [1.807, 2.05) is 25.1 Å². The van der Waals surface area contributed by atoms with E-state index in [0.717, 1.165) is 0 Å². The van der Waals surface area contributed by atoms with Crippen molar-refractivity contribution in [2.75, 3.05) is 20.2 Å². The molecule has 1 aliphatic heterocycles. The zero-order valence-corrected chi connectivity index (χ0v) is 14.8. The number of aromatic amines is 1. The number of aromatic nitrogens is 2. The molecule has 1 saturated heterocycles. The van der Waals surface area contributed by atoms with E-state index < -0.39 is 0 Å². The average molecular weight is 358 g/mol. The number of para-hydroxylation sites is 2. The number of benzene rings is 1. The number of ether oxygens (including phenoxy) is 2. The number of methoxy groups -OCH3 is 1. The molecule has 2 aromatic rings. The molecular weight excluding hydrogens is 336 g/mol. The molecule has 26 heavy (non-hydrogen) atoms. The van der Waals surface area contributed by atoms with Gasteiger partial charge in [-0.25, -0.2) is 0 Å². The summed E-state index contributed by atoms with van der Waals surface area (Å²) in [5.74, 6) is 1.00. The third kappa shape index (κ3) is 3.96. The van der Waals surface area contributed by atoms with Crippen LogP contribution in [-0.4, -0.2) is 53.2 Å². The predicted octanol–water partition coefficient (Wildman–Crippen LogP) is 1.35. The van der Waals surface area contributed by atoms with Crippen molar-refractivity contribution in [1.82, 2.24) is 20.4 Å². The number of likely N-dealkylation sites (N-methyl/N-ethyl adjacent to an activating group) is 1. The van der Waals surface area contributed by atoms with Crippen LogP contribution in [0.3, 0.4) is 0 Å². The molecule has 0 radical (unpaired) electrons. The number of nitrogens with zero attached hydrogens (tertiary/aromatic N) is 2. The second-order valence-electron chi connectivity index (χ2n) is 6.02. The van der Waals surface area contributed by atoms with Crippen LogP contribution in [0.25, 0.3) is 0 Å². The monoisotopic (exact) mass is 358 g/mol. The van der Waals surface area contributed by atoms with Crippen molar-refractivity contribution in [3.05, 3.63) is 41.7 Å². The molecule has 0 spiro atoms. The zero-order valence-electron chi connectivity index (χ0n) is 14.8. The van der Waals surface area contributed by atoms with Gasteiger partial charge in [-0.15, -0.1) is 0 Å². The number of likely N-dealkylation sites (tertiary alicyclic amines) is 1. The smallest absolute Gasteiger partial charge is 0.272 e. The van der Waals surface area contributed by atoms with Crippen LogP contribution >= 0.6 is 0 Å². The highest BCUT2D eigenvalue weighted by Gasteiger charge is 2.30. The zero-order chi connectivity index (χ0) is 18.5. The first-order valence-corrected chi connectivity index (χ1v) is 8.49. The number of nitrogens with one attached hydrogen (secondary N) is 2. The van der Waals surface area contributed by atoms with Crippen molar-refractivity contribution >= 4 is 11.8 Å². The lowest BCUT2D eigenvalue weighted by Gasteiger charge is -2.14. The first kappa shape index (κ1) is 17.8. The molecule has 1 atom stereocenters. The average Bonchev–Trinajstić information content (AvgIpc) is 3.26. The molecule has 1 unspecified atom stereocenters. The molecule has 2 amide bonds. The maximum atomic E-state index is 12.3. The lowest BCUT2D eigenvalue weighted by atomic mass is 10.2. The van der Waals surface area contributed by atoms with Crippen molar-refractivity contribution in [3.8, 4) is 11.5 Å². The number of hydrogen-bond donors (Lipinski definition) is 2. The highest BCUT2D eigenvalue weighted by atomic mass is 16.5. The number of carbonyl (C=O) groups excluding carboxylic acids is 2. The minimum absolute atomic E-state index is 0.0609. The number of carbonyl (C=O) groups is 2. The molecule has 2 N–H and O–H groups in total. The van der Waals surface area contributed by atoms with E-state index in [1.54, 1.807) is 24.1 Å². The first-order chi connectivity index (χ1) is 12.6. The van der Waals surface area contributed by atoms with Crippen molar-refractivity contribution in [2.24, 2.45) is 0 Å².